The predicted octanol–water partition coefficient (Wildman–Crippen LogP) is 6.93. The van der Waals surface area contributed by atoms with Crippen LogP contribution in [-0.2, 0) is 9.53 Å². The molecule has 5 nitrogen and oxygen atoms in total. The summed E-state index contributed by atoms with van der Waals surface area (Å²) in [6.45, 7) is 2.83. The predicted molar refractivity (Wildman–Crippen MR) is 126 cm³/mol. The molecule has 0 spiro atoms. The molecule has 0 aromatic carbocycles. The maximum atomic E-state index is 12.1. The van der Waals surface area contributed by atoms with E-state index in [2.05, 4.69) is 19.1 Å². The van der Waals surface area contributed by atoms with E-state index in [1.165, 1.54) is 76.9 Å². The Kier molecular flexibility index (Phi) is 16.3. The second-order valence-corrected chi connectivity index (χ2v) is 8.26. The average Bonchev–Trinajstić information content (AvgIpc) is 3.31. The Balaban J connectivity index is 1.89. The van der Waals surface area contributed by atoms with E-state index in [0.29, 0.717) is 13.0 Å². The minimum Gasteiger partial charge on any atom is -0.458 e. The Labute approximate surface area is 189 Å². The molecule has 0 unspecified atom stereocenters. The lowest BCUT2D eigenvalue weighted by Gasteiger charge is -2.16. The molecule has 31 heavy (non-hydrogen) atoms. The lowest BCUT2D eigenvalue weighted by molar-refractivity contribution is -0.130. The number of amides is 1. The summed E-state index contributed by atoms with van der Waals surface area (Å²) in [6, 6.07) is 3.20. The zero-order chi connectivity index (χ0) is 22.6. The molecule has 0 saturated heterocycles. The third-order valence-electron chi connectivity index (χ3n) is 5.46. The molecule has 1 rings (SSSR count). The highest BCUT2D eigenvalue weighted by Crippen LogP contribution is 2.10. The van der Waals surface area contributed by atoms with Gasteiger partial charge in [0.05, 0.1) is 12.8 Å². The van der Waals surface area contributed by atoms with Crippen LogP contribution in [0.4, 0.5) is 0 Å². The van der Waals surface area contributed by atoms with Crippen molar-refractivity contribution in [3.8, 4) is 0 Å². The van der Waals surface area contributed by atoms with Crippen molar-refractivity contribution in [1.29, 1.82) is 0 Å². The molecule has 0 atom stereocenters. The molecule has 0 N–H and O–H groups in total. The van der Waals surface area contributed by atoms with Crippen molar-refractivity contribution in [3.05, 3.63) is 36.3 Å². The summed E-state index contributed by atoms with van der Waals surface area (Å²) in [4.78, 5) is 25.4. The van der Waals surface area contributed by atoms with Gasteiger partial charge in [-0.15, -0.1) is 0 Å². The lowest BCUT2D eigenvalue weighted by Crippen LogP contribution is -2.30. The molecule has 0 aliphatic heterocycles. The number of furan rings is 1. The second kappa shape index (κ2) is 18.7. The number of carbonyl (C=O) groups excluding carboxylic acids is 2. The van der Waals surface area contributed by atoms with E-state index in [0.717, 1.165) is 12.8 Å². The van der Waals surface area contributed by atoms with Crippen LogP contribution in [0.3, 0.4) is 0 Å². The second-order valence-electron chi connectivity index (χ2n) is 8.26. The average molecular weight is 434 g/mol. The van der Waals surface area contributed by atoms with Crippen molar-refractivity contribution in [1.82, 2.24) is 4.90 Å². The molecule has 1 aromatic rings. The van der Waals surface area contributed by atoms with Crippen molar-refractivity contribution >= 4 is 11.9 Å². The number of nitrogens with zero attached hydrogens (tertiary/aromatic N) is 1. The van der Waals surface area contributed by atoms with Gasteiger partial charge in [-0.25, -0.2) is 4.79 Å². The third-order valence-corrected chi connectivity index (χ3v) is 5.46. The summed E-state index contributed by atoms with van der Waals surface area (Å²) in [5.74, 6) is -0.211. The van der Waals surface area contributed by atoms with Gasteiger partial charge in [0.25, 0.3) is 0 Å². The van der Waals surface area contributed by atoms with E-state index >= 15 is 0 Å². The smallest absolute Gasteiger partial charge is 0.374 e. The Hall–Kier alpha value is -2.04. The lowest BCUT2D eigenvalue weighted by atomic mass is 10.1. The Morgan fingerprint density at radius 3 is 2.16 bits per heavy atom. The van der Waals surface area contributed by atoms with Gasteiger partial charge in [0.2, 0.25) is 11.7 Å². The van der Waals surface area contributed by atoms with Gasteiger partial charge in [-0.2, -0.15) is 0 Å². The molecule has 0 fully saturated rings. The first-order chi connectivity index (χ1) is 15.1. The number of likely N-dealkylation sites (N-methyl/N-ethyl adjacent to an activating group) is 1. The Morgan fingerprint density at radius 2 is 1.55 bits per heavy atom. The number of rotatable bonds is 19. The normalized spacial score (nSPS) is 11.2. The van der Waals surface area contributed by atoms with Crippen molar-refractivity contribution < 1.29 is 18.7 Å². The first kappa shape index (κ1) is 27.0. The van der Waals surface area contributed by atoms with Crippen molar-refractivity contribution in [2.75, 3.05) is 20.2 Å². The van der Waals surface area contributed by atoms with Crippen LogP contribution in [0.2, 0.25) is 0 Å². The van der Waals surface area contributed by atoms with Crippen LogP contribution >= 0.6 is 0 Å². The molecular formula is C26H43NO4. The SMILES string of the molecule is CCCCCCCCC=CCCCCCCCC(=O)N(C)CCOC(=O)c1ccco1. The molecule has 0 radical (unpaired) electrons. The minimum absolute atomic E-state index is 0.103. The van der Waals surface area contributed by atoms with Crippen LogP contribution in [0.15, 0.2) is 35.0 Å². The summed E-state index contributed by atoms with van der Waals surface area (Å²) in [5.41, 5.74) is 0. The molecule has 0 saturated carbocycles. The maximum absolute atomic E-state index is 12.1. The quantitative estimate of drug-likeness (QED) is 0.135. The van der Waals surface area contributed by atoms with Crippen LogP contribution in [-0.4, -0.2) is 37.0 Å². The first-order valence-electron chi connectivity index (χ1n) is 12.2. The fourth-order valence-corrected chi connectivity index (χ4v) is 3.40. The number of ether oxygens (including phenoxy) is 1. The Bertz CT molecular complexity index is 595. The van der Waals surface area contributed by atoms with Crippen LogP contribution in [0.25, 0.3) is 0 Å². The summed E-state index contributed by atoms with van der Waals surface area (Å²) in [5, 5.41) is 0. The number of unbranched alkanes of at least 4 members (excludes halogenated alkanes) is 11. The van der Waals surface area contributed by atoms with E-state index in [-0.39, 0.29) is 18.3 Å². The van der Waals surface area contributed by atoms with Gasteiger partial charge < -0.3 is 14.1 Å². The van der Waals surface area contributed by atoms with Crippen molar-refractivity contribution in [2.45, 2.75) is 96.8 Å². The number of hydrogen-bond acceptors (Lipinski definition) is 4. The van der Waals surface area contributed by atoms with E-state index < -0.39 is 5.97 Å². The van der Waals surface area contributed by atoms with Crippen molar-refractivity contribution in [2.24, 2.45) is 0 Å². The summed E-state index contributed by atoms with van der Waals surface area (Å²) < 4.78 is 10.1. The highest BCUT2D eigenvalue weighted by molar-refractivity contribution is 5.86. The molecule has 5 heteroatoms. The summed E-state index contributed by atoms with van der Waals surface area (Å²) in [7, 11) is 1.75. The van der Waals surface area contributed by atoms with E-state index in [1.807, 2.05) is 0 Å². The number of carbonyl (C=O) groups is 2. The zero-order valence-corrected chi connectivity index (χ0v) is 19.8. The van der Waals surface area contributed by atoms with Crippen LogP contribution in [0.5, 0.6) is 0 Å². The van der Waals surface area contributed by atoms with E-state index in [1.54, 1.807) is 24.1 Å². The molecule has 176 valence electrons. The number of hydrogen-bond donors (Lipinski definition) is 0. The molecule has 0 aliphatic rings. The zero-order valence-electron chi connectivity index (χ0n) is 19.8. The topological polar surface area (TPSA) is 59.8 Å². The fourth-order valence-electron chi connectivity index (χ4n) is 3.40. The summed E-state index contributed by atoms with van der Waals surface area (Å²) in [6.07, 6.45) is 22.9. The molecular weight excluding hydrogens is 390 g/mol. The highest BCUT2D eigenvalue weighted by Gasteiger charge is 2.12. The van der Waals surface area contributed by atoms with Gasteiger partial charge in [-0.05, 0) is 44.2 Å². The Morgan fingerprint density at radius 1 is 0.935 bits per heavy atom. The van der Waals surface area contributed by atoms with Gasteiger partial charge in [-0.3, -0.25) is 4.79 Å². The minimum atomic E-state index is -0.497. The van der Waals surface area contributed by atoms with Gasteiger partial charge in [0.1, 0.15) is 6.61 Å². The first-order valence-corrected chi connectivity index (χ1v) is 12.2. The number of esters is 1. The standard InChI is InChI=1S/C26H43NO4/c1-3-4-5-6-7-8-9-10-11-12-13-14-15-16-17-20-25(28)27(2)21-23-31-26(29)24-19-18-22-30-24/h10-11,18-19,22H,3-9,12-17,20-21,23H2,1-2H3. The molecule has 1 amide bonds. The maximum Gasteiger partial charge on any atom is 0.374 e. The van der Waals surface area contributed by atoms with Gasteiger partial charge in [-0.1, -0.05) is 70.4 Å². The largest absolute Gasteiger partial charge is 0.458 e. The van der Waals surface area contributed by atoms with Crippen LogP contribution in [0, 0.1) is 0 Å². The number of allylic oxidation sites excluding steroid dienone is 2. The van der Waals surface area contributed by atoms with E-state index in [4.69, 9.17) is 9.15 Å². The van der Waals surface area contributed by atoms with Gasteiger partial charge in [0, 0.05) is 13.5 Å². The molecule has 1 aromatic heterocycles. The van der Waals surface area contributed by atoms with Crippen LogP contribution < -0.4 is 0 Å². The summed E-state index contributed by atoms with van der Waals surface area (Å²) >= 11 is 0. The third kappa shape index (κ3) is 14.6. The van der Waals surface area contributed by atoms with Crippen molar-refractivity contribution in [3.63, 3.8) is 0 Å². The molecule has 0 aliphatic carbocycles. The molecule has 1 heterocycles. The van der Waals surface area contributed by atoms with Gasteiger partial charge in [0.15, 0.2) is 0 Å². The van der Waals surface area contributed by atoms with E-state index in [9.17, 15) is 9.59 Å². The highest BCUT2D eigenvalue weighted by atomic mass is 16.5. The monoisotopic (exact) mass is 433 g/mol. The van der Waals surface area contributed by atoms with Gasteiger partial charge >= 0.3 is 5.97 Å². The fraction of sp³-hybridized carbons (Fsp3) is 0.692. The molecule has 0 bridgehead atoms. The van der Waals surface area contributed by atoms with Crippen LogP contribution in [0.1, 0.15) is 107 Å².